The maximum atomic E-state index is 11.4. The summed E-state index contributed by atoms with van der Waals surface area (Å²) in [5, 5.41) is 0. The highest BCUT2D eigenvalue weighted by Gasteiger charge is 2.53. The molecular formula is C13H11ClO. The Morgan fingerprint density at radius 2 is 2.00 bits per heavy atom. The van der Waals surface area contributed by atoms with E-state index in [4.69, 9.17) is 11.6 Å². The molecule has 0 heterocycles. The summed E-state index contributed by atoms with van der Waals surface area (Å²) in [5.74, 6) is 0.444. The second-order valence-corrected chi connectivity index (χ2v) is 4.90. The van der Waals surface area contributed by atoms with Crippen molar-refractivity contribution < 1.29 is 4.79 Å². The van der Waals surface area contributed by atoms with E-state index in [1.54, 1.807) is 0 Å². The van der Waals surface area contributed by atoms with Gasteiger partial charge in [0, 0.05) is 12.3 Å². The first kappa shape index (κ1) is 9.17. The number of benzene rings is 1. The van der Waals surface area contributed by atoms with Crippen LogP contribution in [0.4, 0.5) is 0 Å². The fourth-order valence-electron chi connectivity index (χ4n) is 2.59. The first-order chi connectivity index (χ1) is 7.22. The lowest BCUT2D eigenvalue weighted by Gasteiger charge is -2.43. The fourth-order valence-corrected chi connectivity index (χ4v) is 3.07. The van der Waals surface area contributed by atoms with Gasteiger partial charge in [0.2, 0.25) is 0 Å². The van der Waals surface area contributed by atoms with Gasteiger partial charge in [-0.15, -0.1) is 11.6 Å². The number of hydrogen-bond acceptors (Lipinski definition) is 1. The van der Waals surface area contributed by atoms with Crippen LogP contribution in [0.5, 0.6) is 0 Å². The summed E-state index contributed by atoms with van der Waals surface area (Å²) in [6.45, 7) is 0. The Labute approximate surface area is 93.7 Å². The third-order valence-electron chi connectivity index (χ3n) is 3.46. The molecule has 0 spiro atoms. The van der Waals surface area contributed by atoms with Gasteiger partial charge in [0.1, 0.15) is 5.78 Å². The molecule has 2 atom stereocenters. The van der Waals surface area contributed by atoms with Gasteiger partial charge in [-0.3, -0.25) is 4.79 Å². The molecule has 0 saturated heterocycles. The van der Waals surface area contributed by atoms with Gasteiger partial charge in [-0.1, -0.05) is 36.4 Å². The minimum absolute atomic E-state index is 0.114. The SMILES string of the molecule is O=C1CC=C2C1CC2(Cl)c1ccccc1. The Morgan fingerprint density at radius 3 is 2.67 bits per heavy atom. The summed E-state index contributed by atoms with van der Waals surface area (Å²) < 4.78 is 0. The number of carbonyl (C=O) groups excluding carboxylic acids is 1. The average Bonchev–Trinajstić information content (AvgIpc) is 2.56. The van der Waals surface area contributed by atoms with Crippen LogP contribution in [0.25, 0.3) is 0 Å². The molecule has 0 amide bonds. The van der Waals surface area contributed by atoms with Crippen molar-refractivity contribution in [2.75, 3.05) is 0 Å². The third-order valence-corrected chi connectivity index (χ3v) is 4.05. The molecule has 2 aliphatic rings. The van der Waals surface area contributed by atoms with E-state index in [0.717, 1.165) is 17.6 Å². The van der Waals surface area contributed by atoms with Crippen molar-refractivity contribution in [1.29, 1.82) is 0 Å². The van der Waals surface area contributed by atoms with E-state index < -0.39 is 4.87 Å². The highest BCUT2D eigenvalue weighted by Crippen LogP contribution is 2.58. The monoisotopic (exact) mass is 218 g/mol. The number of rotatable bonds is 1. The molecule has 0 N–H and O–H groups in total. The van der Waals surface area contributed by atoms with Crippen molar-refractivity contribution in [3.63, 3.8) is 0 Å². The van der Waals surface area contributed by atoms with Crippen LogP contribution < -0.4 is 0 Å². The van der Waals surface area contributed by atoms with Crippen molar-refractivity contribution in [1.82, 2.24) is 0 Å². The van der Waals surface area contributed by atoms with Crippen molar-refractivity contribution in [2.24, 2.45) is 5.92 Å². The number of hydrogen-bond donors (Lipinski definition) is 0. The Morgan fingerprint density at radius 1 is 1.27 bits per heavy atom. The van der Waals surface area contributed by atoms with Crippen molar-refractivity contribution >= 4 is 17.4 Å². The Bertz CT molecular complexity index is 449. The van der Waals surface area contributed by atoms with Gasteiger partial charge in [0.05, 0.1) is 4.87 Å². The maximum absolute atomic E-state index is 11.4. The molecule has 0 radical (unpaired) electrons. The van der Waals surface area contributed by atoms with Crippen LogP contribution in [0, 0.1) is 5.92 Å². The van der Waals surface area contributed by atoms with Gasteiger partial charge in [0.15, 0.2) is 0 Å². The smallest absolute Gasteiger partial charge is 0.143 e. The van der Waals surface area contributed by atoms with Crippen molar-refractivity contribution in [3.05, 3.63) is 47.5 Å². The van der Waals surface area contributed by atoms with Crippen LogP contribution in [0.15, 0.2) is 42.0 Å². The summed E-state index contributed by atoms with van der Waals surface area (Å²) in [6, 6.07) is 10.0. The lowest BCUT2D eigenvalue weighted by molar-refractivity contribution is -0.121. The Balaban J connectivity index is 1.99. The van der Waals surface area contributed by atoms with Crippen molar-refractivity contribution in [3.8, 4) is 0 Å². The molecule has 1 nitrogen and oxygen atoms in total. The van der Waals surface area contributed by atoms with E-state index in [0.29, 0.717) is 12.2 Å². The topological polar surface area (TPSA) is 17.1 Å². The van der Waals surface area contributed by atoms with Gasteiger partial charge in [-0.2, -0.15) is 0 Å². The summed E-state index contributed by atoms with van der Waals surface area (Å²) in [4.78, 5) is 11.1. The molecule has 0 aromatic heterocycles. The summed E-state index contributed by atoms with van der Waals surface area (Å²) >= 11 is 6.58. The standard InChI is InChI=1S/C13H11ClO/c14-13(9-4-2-1-3-5-9)8-10-11(13)6-7-12(10)15/h1-6,10H,7-8H2. The van der Waals surface area contributed by atoms with Gasteiger partial charge in [-0.25, -0.2) is 0 Å². The number of ketones is 1. The average molecular weight is 219 g/mol. The number of alkyl halides is 1. The first-order valence-electron chi connectivity index (χ1n) is 5.19. The molecule has 1 saturated carbocycles. The molecule has 2 heteroatoms. The number of halogens is 1. The molecular weight excluding hydrogens is 208 g/mol. The summed E-state index contributed by atoms with van der Waals surface area (Å²) in [7, 11) is 0. The van der Waals surface area contributed by atoms with Crippen LogP contribution in [0.2, 0.25) is 0 Å². The number of fused-ring (bicyclic) bond motifs is 1. The highest BCUT2D eigenvalue weighted by atomic mass is 35.5. The number of carbonyl (C=O) groups is 1. The van der Waals surface area contributed by atoms with Crippen LogP contribution >= 0.6 is 11.6 Å². The quantitative estimate of drug-likeness (QED) is 0.523. The molecule has 0 bridgehead atoms. The predicted molar refractivity (Wildman–Crippen MR) is 59.8 cm³/mol. The lowest BCUT2D eigenvalue weighted by atomic mass is 9.67. The van der Waals surface area contributed by atoms with Crippen LogP contribution in [-0.4, -0.2) is 5.78 Å². The number of Topliss-reactive ketones (excluding diaryl/α,β-unsaturated/α-hetero) is 1. The molecule has 1 aromatic carbocycles. The molecule has 2 aliphatic carbocycles. The largest absolute Gasteiger partial charge is 0.299 e. The number of allylic oxidation sites excluding steroid dienone is 2. The first-order valence-corrected chi connectivity index (χ1v) is 5.57. The van der Waals surface area contributed by atoms with E-state index in [1.165, 1.54) is 0 Å². The highest BCUT2D eigenvalue weighted by molar-refractivity contribution is 6.28. The van der Waals surface area contributed by atoms with E-state index >= 15 is 0 Å². The molecule has 76 valence electrons. The van der Waals surface area contributed by atoms with Gasteiger partial charge < -0.3 is 0 Å². The molecule has 3 rings (SSSR count). The van der Waals surface area contributed by atoms with E-state index in [1.807, 2.05) is 36.4 Å². The van der Waals surface area contributed by atoms with Gasteiger partial charge in [0.25, 0.3) is 0 Å². The normalized spacial score (nSPS) is 33.3. The minimum atomic E-state index is -0.391. The zero-order valence-corrected chi connectivity index (χ0v) is 9.00. The predicted octanol–water partition coefficient (Wildman–Crippen LogP) is 3.04. The second-order valence-electron chi connectivity index (χ2n) is 4.25. The molecule has 1 aromatic rings. The zero-order chi connectivity index (χ0) is 10.5. The fraction of sp³-hybridized carbons (Fsp3) is 0.308. The van der Waals surface area contributed by atoms with Crippen LogP contribution in [0.1, 0.15) is 18.4 Å². The van der Waals surface area contributed by atoms with E-state index in [2.05, 4.69) is 0 Å². The lowest BCUT2D eigenvalue weighted by Crippen LogP contribution is -2.40. The van der Waals surface area contributed by atoms with Crippen LogP contribution in [-0.2, 0) is 9.67 Å². The van der Waals surface area contributed by atoms with Gasteiger partial charge in [-0.05, 0) is 17.6 Å². The Kier molecular flexibility index (Phi) is 1.81. The van der Waals surface area contributed by atoms with Gasteiger partial charge >= 0.3 is 0 Å². The van der Waals surface area contributed by atoms with Crippen LogP contribution in [0.3, 0.4) is 0 Å². The molecule has 0 aliphatic heterocycles. The van der Waals surface area contributed by atoms with E-state index in [-0.39, 0.29) is 5.92 Å². The Hall–Kier alpha value is -1.08. The zero-order valence-electron chi connectivity index (χ0n) is 8.24. The summed E-state index contributed by atoms with van der Waals surface area (Å²) in [5.41, 5.74) is 2.24. The second kappa shape index (κ2) is 2.96. The minimum Gasteiger partial charge on any atom is -0.299 e. The van der Waals surface area contributed by atoms with Crippen molar-refractivity contribution in [2.45, 2.75) is 17.7 Å². The molecule has 1 fully saturated rings. The molecule has 2 unspecified atom stereocenters. The maximum Gasteiger partial charge on any atom is 0.143 e. The third kappa shape index (κ3) is 1.13. The molecule has 15 heavy (non-hydrogen) atoms. The summed E-state index contributed by atoms with van der Waals surface area (Å²) in [6.07, 6.45) is 3.35. The van der Waals surface area contributed by atoms with E-state index in [9.17, 15) is 4.79 Å².